The van der Waals surface area contributed by atoms with E-state index in [1.165, 1.54) is 45.9 Å². The lowest BCUT2D eigenvalue weighted by Crippen LogP contribution is -2.10. The molecule has 29 heavy (non-hydrogen) atoms. The van der Waals surface area contributed by atoms with Crippen LogP contribution in [0.2, 0.25) is 0 Å². The van der Waals surface area contributed by atoms with Crippen molar-refractivity contribution in [1.29, 1.82) is 0 Å². The summed E-state index contributed by atoms with van der Waals surface area (Å²) >= 11 is 0. The Morgan fingerprint density at radius 1 is 0.897 bits per heavy atom. The van der Waals surface area contributed by atoms with Gasteiger partial charge in [-0.15, -0.1) is 0 Å². The van der Waals surface area contributed by atoms with E-state index in [-0.39, 0.29) is 0 Å². The monoisotopic (exact) mass is 380 g/mol. The first-order chi connectivity index (χ1) is 14.0. The molecule has 4 atom stereocenters. The van der Waals surface area contributed by atoms with Crippen LogP contribution >= 0.6 is 0 Å². The van der Waals surface area contributed by atoms with Gasteiger partial charge in [-0.1, -0.05) is 87.0 Å². The van der Waals surface area contributed by atoms with Gasteiger partial charge in [-0.2, -0.15) is 0 Å². The Labute approximate surface area is 175 Å². The molecular formula is C29H32. The molecule has 1 saturated carbocycles. The molecular weight excluding hydrogens is 348 g/mol. The molecule has 5 rings (SSSR count). The fourth-order valence-electron chi connectivity index (χ4n) is 6.21. The van der Waals surface area contributed by atoms with Crippen molar-refractivity contribution < 1.29 is 0 Å². The SMILES string of the molecule is CC1=Cc2c(cccc2C(C)c2c(C3CC(C)C[C@@H]3C)ccc3ccccc23)C1. The summed E-state index contributed by atoms with van der Waals surface area (Å²) in [7, 11) is 0. The van der Waals surface area contributed by atoms with E-state index in [2.05, 4.69) is 88.4 Å². The van der Waals surface area contributed by atoms with Crippen LogP contribution in [-0.4, -0.2) is 0 Å². The maximum atomic E-state index is 2.46. The van der Waals surface area contributed by atoms with Gasteiger partial charge in [0.05, 0.1) is 0 Å². The maximum absolute atomic E-state index is 2.46. The van der Waals surface area contributed by atoms with Crippen LogP contribution in [0.4, 0.5) is 0 Å². The van der Waals surface area contributed by atoms with Gasteiger partial charge in [-0.05, 0) is 82.5 Å². The number of benzene rings is 3. The van der Waals surface area contributed by atoms with Crippen molar-refractivity contribution in [1.82, 2.24) is 0 Å². The average molecular weight is 381 g/mol. The molecule has 148 valence electrons. The minimum Gasteiger partial charge on any atom is -0.0683 e. The van der Waals surface area contributed by atoms with Crippen molar-refractivity contribution in [3.8, 4) is 0 Å². The minimum absolute atomic E-state index is 0.399. The van der Waals surface area contributed by atoms with Crippen molar-refractivity contribution in [2.24, 2.45) is 11.8 Å². The number of hydrogen-bond donors (Lipinski definition) is 0. The van der Waals surface area contributed by atoms with E-state index >= 15 is 0 Å². The fraction of sp³-hybridized carbons (Fsp3) is 0.379. The fourth-order valence-corrected chi connectivity index (χ4v) is 6.21. The molecule has 3 aromatic carbocycles. The van der Waals surface area contributed by atoms with Gasteiger partial charge in [0, 0.05) is 5.92 Å². The molecule has 0 N–H and O–H groups in total. The lowest BCUT2D eigenvalue weighted by Gasteiger charge is -2.26. The van der Waals surface area contributed by atoms with Crippen LogP contribution in [0.25, 0.3) is 16.8 Å². The highest BCUT2D eigenvalue weighted by molar-refractivity contribution is 5.88. The number of rotatable bonds is 3. The molecule has 0 radical (unpaired) electrons. The van der Waals surface area contributed by atoms with Crippen LogP contribution in [0.3, 0.4) is 0 Å². The predicted octanol–water partition coefficient (Wildman–Crippen LogP) is 8.10. The van der Waals surface area contributed by atoms with Crippen molar-refractivity contribution >= 4 is 16.8 Å². The van der Waals surface area contributed by atoms with Crippen molar-refractivity contribution in [3.63, 3.8) is 0 Å². The summed E-state index contributed by atoms with van der Waals surface area (Å²) in [5.74, 6) is 2.68. The smallest absolute Gasteiger partial charge is 0.00760 e. The van der Waals surface area contributed by atoms with Gasteiger partial charge in [0.2, 0.25) is 0 Å². The lowest BCUT2D eigenvalue weighted by atomic mass is 9.78. The Kier molecular flexibility index (Phi) is 4.62. The van der Waals surface area contributed by atoms with E-state index in [0.29, 0.717) is 11.8 Å². The molecule has 2 aliphatic carbocycles. The van der Waals surface area contributed by atoms with Gasteiger partial charge in [-0.25, -0.2) is 0 Å². The molecule has 0 heteroatoms. The van der Waals surface area contributed by atoms with Crippen molar-refractivity contribution in [3.05, 3.63) is 88.0 Å². The van der Waals surface area contributed by atoms with Crippen LogP contribution in [-0.2, 0) is 6.42 Å². The third kappa shape index (κ3) is 3.14. The molecule has 0 spiro atoms. The number of allylic oxidation sites excluding steroid dienone is 1. The second-order valence-corrected chi connectivity index (χ2v) is 9.76. The molecule has 2 aliphatic rings. The van der Waals surface area contributed by atoms with Gasteiger partial charge in [-0.3, -0.25) is 0 Å². The van der Waals surface area contributed by atoms with Crippen LogP contribution in [0.5, 0.6) is 0 Å². The Bertz CT molecular complexity index is 1100. The average Bonchev–Trinajstić information content (AvgIpc) is 3.26. The van der Waals surface area contributed by atoms with Gasteiger partial charge >= 0.3 is 0 Å². The highest BCUT2D eigenvalue weighted by Crippen LogP contribution is 2.48. The highest BCUT2D eigenvalue weighted by atomic mass is 14.4. The molecule has 3 aromatic rings. The predicted molar refractivity (Wildman–Crippen MR) is 126 cm³/mol. The third-order valence-corrected chi connectivity index (χ3v) is 7.51. The van der Waals surface area contributed by atoms with E-state index in [9.17, 15) is 0 Å². The van der Waals surface area contributed by atoms with E-state index < -0.39 is 0 Å². The minimum atomic E-state index is 0.399. The molecule has 0 nitrogen and oxygen atoms in total. The molecule has 0 heterocycles. The third-order valence-electron chi connectivity index (χ3n) is 7.51. The number of hydrogen-bond acceptors (Lipinski definition) is 0. The molecule has 0 aliphatic heterocycles. The quantitative estimate of drug-likeness (QED) is 0.430. The molecule has 3 unspecified atom stereocenters. The van der Waals surface area contributed by atoms with Crippen LogP contribution in [0.1, 0.15) is 80.2 Å². The molecule has 0 amide bonds. The maximum Gasteiger partial charge on any atom is 0.00760 e. The first-order valence-corrected chi connectivity index (χ1v) is 11.3. The second kappa shape index (κ2) is 7.17. The molecule has 1 fully saturated rings. The Balaban J connectivity index is 1.72. The van der Waals surface area contributed by atoms with Crippen LogP contribution in [0, 0.1) is 11.8 Å². The van der Waals surface area contributed by atoms with Crippen LogP contribution < -0.4 is 0 Å². The standard InChI is InChI=1S/C29H32/c1-18-14-20(3)27(16-18)26-13-12-22-8-5-6-10-25(22)29(26)21(4)24-11-7-9-23-15-19(2)17-28(23)24/h5-13,17-18,20-21,27H,14-16H2,1-4H3/t18?,20-,21?,27?/m0/s1. The van der Waals surface area contributed by atoms with Gasteiger partial charge in [0.25, 0.3) is 0 Å². The summed E-state index contributed by atoms with van der Waals surface area (Å²) in [4.78, 5) is 0. The van der Waals surface area contributed by atoms with Gasteiger partial charge in [0.1, 0.15) is 0 Å². The summed E-state index contributed by atoms with van der Waals surface area (Å²) in [5, 5.41) is 2.82. The lowest BCUT2D eigenvalue weighted by molar-refractivity contribution is 0.523. The van der Waals surface area contributed by atoms with Gasteiger partial charge in [0.15, 0.2) is 0 Å². The highest BCUT2D eigenvalue weighted by Gasteiger charge is 2.33. The number of fused-ring (bicyclic) bond motifs is 2. The topological polar surface area (TPSA) is 0 Å². The Morgan fingerprint density at radius 2 is 1.72 bits per heavy atom. The van der Waals surface area contributed by atoms with Crippen molar-refractivity contribution in [2.75, 3.05) is 0 Å². The first kappa shape index (κ1) is 18.7. The normalized spacial score (nSPS) is 24.6. The second-order valence-electron chi connectivity index (χ2n) is 9.76. The summed E-state index contributed by atoms with van der Waals surface area (Å²) in [5.41, 5.74) is 9.12. The summed E-state index contributed by atoms with van der Waals surface area (Å²) in [6.07, 6.45) is 6.21. The van der Waals surface area contributed by atoms with E-state index in [4.69, 9.17) is 0 Å². The largest absolute Gasteiger partial charge is 0.0683 e. The zero-order valence-electron chi connectivity index (χ0n) is 18.2. The Hall–Kier alpha value is -2.34. The van der Waals surface area contributed by atoms with E-state index in [1.54, 1.807) is 11.1 Å². The zero-order valence-corrected chi connectivity index (χ0v) is 18.2. The zero-order chi connectivity index (χ0) is 20.1. The molecule has 0 bridgehead atoms. The van der Waals surface area contributed by atoms with Crippen molar-refractivity contribution in [2.45, 2.75) is 58.8 Å². The molecule has 0 aromatic heterocycles. The summed E-state index contributed by atoms with van der Waals surface area (Å²) in [6, 6.07) is 20.8. The van der Waals surface area contributed by atoms with Crippen LogP contribution in [0.15, 0.2) is 60.2 Å². The van der Waals surface area contributed by atoms with E-state index in [1.807, 2.05) is 0 Å². The van der Waals surface area contributed by atoms with Gasteiger partial charge < -0.3 is 0 Å². The van der Waals surface area contributed by atoms with E-state index in [0.717, 1.165) is 18.3 Å². The molecule has 0 saturated heterocycles. The summed E-state index contributed by atoms with van der Waals surface area (Å²) in [6.45, 7) is 9.59. The summed E-state index contributed by atoms with van der Waals surface area (Å²) < 4.78 is 0. The first-order valence-electron chi connectivity index (χ1n) is 11.3. The Morgan fingerprint density at radius 3 is 2.52 bits per heavy atom.